The average molecular weight is 694 g/mol. The summed E-state index contributed by atoms with van der Waals surface area (Å²) in [5.74, 6) is -2.02. The van der Waals surface area contributed by atoms with E-state index in [0.29, 0.717) is 11.5 Å². The van der Waals surface area contributed by atoms with Crippen molar-refractivity contribution in [1.82, 2.24) is 4.90 Å². The highest BCUT2D eigenvalue weighted by Gasteiger charge is 2.38. The van der Waals surface area contributed by atoms with Gasteiger partial charge in [0, 0.05) is 13.5 Å². The van der Waals surface area contributed by atoms with Gasteiger partial charge in [-0.1, -0.05) is 31.4 Å². The van der Waals surface area contributed by atoms with Crippen molar-refractivity contribution in [3.63, 3.8) is 0 Å². The maximum Gasteiger partial charge on any atom is 0.490 e. The second-order valence-corrected chi connectivity index (χ2v) is 13.3. The molecule has 0 spiro atoms. The topological polar surface area (TPSA) is 130 Å². The van der Waals surface area contributed by atoms with Crippen LogP contribution in [-0.2, 0) is 27.2 Å². The molecule has 2 aliphatic rings. The normalized spacial score (nSPS) is 18.2. The van der Waals surface area contributed by atoms with Gasteiger partial charge in [-0.2, -0.15) is 13.2 Å². The monoisotopic (exact) mass is 693 g/mol. The van der Waals surface area contributed by atoms with Crippen LogP contribution in [0.4, 0.5) is 18.0 Å². The molecule has 1 unspecified atom stereocenters. The van der Waals surface area contributed by atoms with Gasteiger partial charge in [0.05, 0.1) is 4.91 Å². The number of amides is 2. The highest BCUT2D eigenvalue weighted by molar-refractivity contribution is 8.18. The highest BCUT2D eigenvalue weighted by Crippen LogP contribution is 2.42. The molecule has 2 N–H and O–H groups in total. The third kappa shape index (κ3) is 10.2. The lowest BCUT2D eigenvalue weighted by Gasteiger charge is -2.38. The molecule has 1 atom stereocenters. The molecule has 48 heavy (non-hydrogen) atoms. The van der Waals surface area contributed by atoms with E-state index in [4.69, 9.17) is 24.5 Å². The Morgan fingerprint density at radius 2 is 1.60 bits per heavy atom. The lowest BCUT2D eigenvalue weighted by molar-refractivity contribution is -0.192. The lowest BCUT2D eigenvalue weighted by atomic mass is 9.84. The SMILES string of the molecule is Cc1c(C)c2c(c(C)c1CCCCCCCC(=O)O)CCC(C)(COc1ccc(C=C3SC(=O)N(C)C3=O)cc1)O2.O=C(O)C(F)(F)F. The molecule has 4 rings (SSSR count). The third-order valence-corrected chi connectivity index (χ3v) is 9.52. The van der Waals surface area contributed by atoms with Gasteiger partial charge in [0.2, 0.25) is 0 Å². The van der Waals surface area contributed by atoms with Crippen molar-refractivity contribution in [2.24, 2.45) is 0 Å². The molecule has 9 nitrogen and oxygen atoms in total. The van der Waals surface area contributed by atoms with E-state index in [1.807, 2.05) is 24.3 Å². The summed E-state index contributed by atoms with van der Waals surface area (Å²) in [5.41, 5.74) is 6.96. The van der Waals surface area contributed by atoms with E-state index in [2.05, 4.69) is 27.7 Å². The molecular weight excluding hydrogens is 651 g/mol. The van der Waals surface area contributed by atoms with Crippen molar-refractivity contribution >= 4 is 40.9 Å². The molecule has 1 fully saturated rings. The number of likely N-dealkylation sites (N-methyl/N-ethyl adjacent to an activating group) is 1. The van der Waals surface area contributed by atoms with E-state index in [1.165, 1.54) is 34.9 Å². The summed E-state index contributed by atoms with van der Waals surface area (Å²) in [6.07, 6.45) is 4.79. The number of carbonyl (C=O) groups is 4. The predicted octanol–water partition coefficient (Wildman–Crippen LogP) is 8.04. The number of carbonyl (C=O) groups excluding carboxylic acids is 2. The highest BCUT2D eigenvalue weighted by atomic mass is 32.2. The molecule has 2 aromatic carbocycles. The maximum absolute atomic E-state index is 12.1. The molecule has 0 aliphatic carbocycles. The number of fused-ring (bicyclic) bond motifs is 1. The van der Waals surface area contributed by atoms with Gasteiger partial charge in [-0.3, -0.25) is 19.3 Å². The van der Waals surface area contributed by atoms with Crippen molar-refractivity contribution in [3.05, 3.63) is 62.6 Å². The van der Waals surface area contributed by atoms with Gasteiger partial charge < -0.3 is 19.7 Å². The summed E-state index contributed by atoms with van der Waals surface area (Å²) in [6, 6.07) is 7.51. The van der Waals surface area contributed by atoms with Gasteiger partial charge >= 0.3 is 18.1 Å². The molecule has 2 heterocycles. The summed E-state index contributed by atoms with van der Waals surface area (Å²) in [7, 11) is 1.49. The van der Waals surface area contributed by atoms with Crippen LogP contribution < -0.4 is 9.47 Å². The maximum atomic E-state index is 12.1. The molecule has 0 radical (unpaired) electrons. The first-order chi connectivity index (χ1) is 22.4. The third-order valence-electron chi connectivity index (χ3n) is 8.56. The van der Waals surface area contributed by atoms with E-state index in [0.717, 1.165) is 85.1 Å². The predicted molar refractivity (Wildman–Crippen MR) is 176 cm³/mol. The number of ether oxygens (including phenoxy) is 2. The summed E-state index contributed by atoms with van der Waals surface area (Å²) < 4.78 is 44.6. The van der Waals surface area contributed by atoms with Crippen molar-refractivity contribution in [2.45, 2.75) is 97.3 Å². The second-order valence-electron chi connectivity index (χ2n) is 12.3. The van der Waals surface area contributed by atoms with Crippen LogP contribution in [0.5, 0.6) is 11.5 Å². The zero-order valence-corrected chi connectivity index (χ0v) is 28.6. The van der Waals surface area contributed by atoms with Crippen LogP contribution in [-0.4, -0.2) is 63.6 Å². The Hall–Kier alpha value is -4.00. The molecule has 2 amide bonds. The smallest absolute Gasteiger partial charge is 0.489 e. The molecule has 262 valence electrons. The van der Waals surface area contributed by atoms with Crippen LogP contribution in [0, 0.1) is 20.8 Å². The average Bonchev–Trinajstić information content (AvgIpc) is 3.26. The summed E-state index contributed by atoms with van der Waals surface area (Å²) in [4.78, 5) is 45.0. The number of carboxylic acids is 2. The van der Waals surface area contributed by atoms with Crippen LogP contribution in [0.2, 0.25) is 0 Å². The van der Waals surface area contributed by atoms with Gasteiger partial charge in [-0.05, 0) is 123 Å². The van der Waals surface area contributed by atoms with E-state index in [-0.39, 0.29) is 17.6 Å². The fraction of sp³-hybridized carbons (Fsp3) is 0.486. The Morgan fingerprint density at radius 1 is 1.00 bits per heavy atom. The lowest BCUT2D eigenvalue weighted by Crippen LogP contribution is -2.42. The number of thioether (sulfide) groups is 1. The van der Waals surface area contributed by atoms with Crippen molar-refractivity contribution in [2.75, 3.05) is 13.7 Å². The van der Waals surface area contributed by atoms with Gasteiger partial charge in [0.15, 0.2) is 0 Å². The zero-order chi connectivity index (χ0) is 35.8. The second kappa shape index (κ2) is 16.4. The number of halogens is 3. The minimum absolute atomic E-state index is 0.262. The number of benzene rings is 2. The van der Waals surface area contributed by atoms with E-state index >= 15 is 0 Å². The standard InChI is InChI=1S/C33H41NO6S.C2HF3O2/c1-21-22(2)30-27(23(3)26(21)11-9-7-6-8-10-12-29(35)36)17-18-33(4,40-30)20-39-25-15-13-24(14-16-25)19-28-31(37)34(5)32(38)41-28;3-2(4,5)1(6)7/h13-16,19H,6-12,17-18,20H2,1-5H3,(H,35,36);(H,6,7). The van der Waals surface area contributed by atoms with Gasteiger partial charge in [0.1, 0.15) is 23.7 Å². The van der Waals surface area contributed by atoms with Crippen molar-refractivity contribution < 1.29 is 52.0 Å². The Balaban J connectivity index is 0.000000804. The Bertz CT molecular complexity index is 1550. The first-order valence-electron chi connectivity index (χ1n) is 15.7. The van der Waals surface area contributed by atoms with Gasteiger partial charge in [0.25, 0.3) is 11.1 Å². The Morgan fingerprint density at radius 3 is 2.17 bits per heavy atom. The molecule has 0 bridgehead atoms. The van der Waals surface area contributed by atoms with E-state index in [1.54, 1.807) is 6.08 Å². The first kappa shape index (κ1) is 38.4. The Labute approximate surface area is 282 Å². The van der Waals surface area contributed by atoms with Crippen molar-refractivity contribution in [3.8, 4) is 11.5 Å². The van der Waals surface area contributed by atoms with E-state index in [9.17, 15) is 27.6 Å². The largest absolute Gasteiger partial charge is 0.490 e. The molecule has 0 saturated carbocycles. The summed E-state index contributed by atoms with van der Waals surface area (Å²) in [6.45, 7) is 9.09. The molecule has 13 heteroatoms. The number of nitrogens with zero attached hydrogens (tertiary/aromatic N) is 1. The Kier molecular flexibility index (Phi) is 13.1. The molecule has 0 aromatic heterocycles. The number of imide groups is 1. The summed E-state index contributed by atoms with van der Waals surface area (Å²) in [5, 5.41) is 15.7. The number of rotatable bonds is 12. The molecule has 2 aromatic rings. The van der Waals surface area contributed by atoms with Gasteiger partial charge in [-0.15, -0.1) is 0 Å². The van der Waals surface area contributed by atoms with Crippen molar-refractivity contribution in [1.29, 1.82) is 0 Å². The number of hydrogen-bond acceptors (Lipinski definition) is 7. The van der Waals surface area contributed by atoms with Gasteiger partial charge in [-0.25, -0.2) is 4.79 Å². The number of unbranched alkanes of at least 4 members (excludes halogenated alkanes) is 4. The molecular formula is C35H42F3NO8S. The fourth-order valence-corrected chi connectivity index (χ4v) is 6.39. The van der Waals surface area contributed by atoms with Crippen LogP contribution in [0.25, 0.3) is 6.08 Å². The number of carboxylic acid groups (broad SMARTS) is 2. The van der Waals surface area contributed by atoms with Crippen LogP contribution in [0.15, 0.2) is 29.2 Å². The minimum Gasteiger partial charge on any atom is -0.489 e. The van der Waals surface area contributed by atoms with Crippen LogP contribution in [0.3, 0.4) is 0 Å². The molecule has 1 saturated heterocycles. The van der Waals surface area contributed by atoms with E-state index < -0.39 is 23.7 Å². The fourth-order valence-electron chi connectivity index (χ4n) is 5.56. The zero-order valence-electron chi connectivity index (χ0n) is 27.8. The molecule has 2 aliphatic heterocycles. The van der Waals surface area contributed by atoms with Crippen LogP contribution in [0.1, 0.15) is 85.3 Å². The minimum atomic E-state index is -5.08. The first-order valence-corrected chi connectivity index (χ1v) is 16.5. The number of alkyl halides is 3. The number of hydrogen-bond donors (Lipinski definition) is 2. The summed E-state index contributed by atoms with van der Waals surface area (Å²) >= 11 is 0.950. The quantitative estimate of drug-likeness (QED) is 0.168. The van der Waals surface area contributed by atoms with Crippen LogP contribution >= 0.6 is 11.8 Å². The number of aliphatic carboxylic acids is 2.